The van der Waals surface area contributed by atoms with E-state index in [4.69, 9.17) is 0 Å². The molecule has 0 saturated carbocycles. The SMILES string of the molecule is CC1CC(NC(=O)CSC2CCNCC2)CCN1C. The first-order chi connectivity index (χ1) is 9.15. The van der Waals surface area contributed by atoms with Crippen molar-refractivity contribution in [3.05, 3.63) is 0 Å². The molecule has 19 heavy (non-hydrogen) atoms. The van der Waals surface area contributed by atoms with Crippen LogP contribution in [0.3, 0.4) is 0 Å². The third-order valence-corrected chi connectivity index (χ3v) is 5.68. The maximum atomic E-state index is 12.0. The Bertz CT molecular complexity index is 294. The Morgan fingerprint density at radius 2 is 2.11 bits per heavy atom. The van der Waals surface area contributed by atoms with Crippen molar-refractivity contribution in [2.24, 2.45) is 0 Å². The summed E-state index contributed by atoms with van der Waals surface area (Å²) in [6.07, 6.45) is 4.57. The zero-order chi connectivity index (χ0) is 13.7. The molecule has 2 heterocycles. The van der Waals surface area contributed by atoms with Gasteiger partial charge in [-0.1, -0.05) is 0 Å². The Hall–Kier alpha value is -0.260. The molecule has 2 atom stereocenters. The van der Waals surface area contributed by atoms with Gasteiger partial charge in [0.2, 0.25) is 5.91 Å². The van der Waals surface area contributed by atoms with Crippen molar-refractivity contribution in [3.8, 4) is 0 Å². The van der Waals surface area contributed by atoms with E-state index in [0.29, 0.717) is 23.1 Å². The summed E-state index contributed by atoms with van der Waals surface area (Å²) in [5.41, 5.74) is 0. The van der Waals surface area contributed by atoms with Gasteiger partial charge in [0.15, 0.2) is 0 Å². The highest BCUT2D eigenvalue weighted by molar-refractivity contribution is 8.00. The molecule has 2 rings (SSSR count). The van der Waals surface area contributed by atoms with E-state index in [-0.39, 0.29) is 5.91 Å². The van der Waals surface area contributed by atoms with Crippen molar-refractivity contribution in [1.29, 1.82) is 0 Å². The number of carbonyl (C=O) groups excluding carboxylic acids is 1. The van der Waals surface area contributed by atoms with E-state index >= 15 is 0 Å². The number of thioether (sulfide) groups is 1. The summed E-state index contributed by atoms with van der Waals surface area (Å²) < 4.78 is 0. The largest absolute Gasteiger partial charge is 0.353 e. The van der Waals surface area contributed by atoms with Gasteiger partial charge in [0.1, 0.15) is 0 Å². The average molecular weight is 285 g/mol. The molecule has 2 N–H and O–H groups in total. The van der Waals surface area contributed by atoms with E-state index in [1.165, 1.54) is 12.8 Å². The summed E-state index contributed by atoms with van der Waals surface area (Å²) in [6.45, 7) is 5.53. The van der Waals surface area contributed by atoms with Crippen molar-refractivity contribution in [1.82, 2.24) is 15.5 Å². The van der Waals surface area contributed by atoms with Gasteiger partial charge in [-0.2, -0.15) is 0 Å². The van der Waals surface area contributed by atoms with E-state index in [2.05, 4.69) is 29.5 Å². The molecule has 2 unspecified atom stereocenters. The molecule has 0 bridgehead atoms. The summed E-state index contributed by atoms with van der Waals surface area (Å²) in [4.78, 5) is 14.3. The molecule has 1 amide bonds. The molecule has 4 nitrogen and oxygen atoms in total. The van der Waals surface area contributed by atoms with Crippen molar-refractivity contribution >= 4 is 17.7 Å². The van der Waals surface area contributed by atoms with Crippen molar-refractivity contribution < 1.29 is 4.79 Å². The fraction of sp³-hybridized carbons (Fsp3) is 0.929. The lowest BCUT2D eigenvalue weighted by atomic mass is 9.99. The van der Waals surface area contributed by atoms with Gasteiger partial charge >= 0.3 is 0 Å². The number of nitrogens with one attached hydrogen (secondary N) is 2. The van der Waals surface area contributed by atoms with Crippen LogP contribution >= 0.6 is 11.8 Å². The third kappa shape index (κ3) is 4.97. The topological polar surface area (TPSA) is 44.4 Å². The highest BCUT2D eigenvalue weighted by Crippen LogP contribution is 2.20. The number of piperidine rings is 2. The first-order valence-corrected chi connectivity index (χ1v) is 8.52. The number of rotatable bonds is 4. The molecule has 0 aliphatic carbocycles. The fourth-order valence-corrected chi connectivity index (χ4v) is 3.88. The summed E-state index contributed by atoms with van der Waals surface area (Å²) >= 11 is 1.83. The van der Waals surface area contributed by atoms with Gasteiger partial charge < -0.3 is 15.5 Å². The molecule has 0 aromatic carbocycles. The number of carbonyl (C=O) groups is 1. The van der Waals surface area contributed by atoms with Crippen molar-refractivity contribution in [2.75, 3.05) is 32.4 Å². The molecular weight excluding hydrogens is 258 g/mol. The van der Waals surface area contributed by atoms with Gasteiger partial charge in [-0.05, 0) is 52.7 Å². The Kier molecular flexibility index (Phi) is 5.98. The zero-order valence-electron chi connectivity index (χ0n) is 12.2. The van der Waals surface area contributed by atoms with Gasteiger partial charge in [-0.15, -0.1) is 11.8 Å². The molecule has 0 radical (unpaired) electrons. The lowest BCUT2D eigenvalue weighted by Gasteiger charge is -2.35. The first-order valence-electron chi connectivity index (χ1n) is 7.47. The lowest BCUT2D eigenvalue weighted by molar-refractivity contribution is -0.119. The monoisotopic (exact) mass is 285 g/mol. The number of hydrogen-bond acceptors (Lipinski definition) is 4. The minimum atomic E-state index is 0.227. The van der Waals surface area contributed by atoms with Crippen LogP contribution in [-0.4, -0.2) is 60.6 Å². The molecule has 110 valence electrons. The van der Waals surface area contributed by atoms with Crippen molar-refractivity contribution in [2.45, 2.75) is 49.9 Å². The first kappa shape index (κ1) is 15.1. The summed E-state index contributed by atoms with van der Waals surface area (Å²) in [7, 11) is 2.16. The molecule has 0 aromatic heterocycles. The lowest BCUT2D eigenvalue weighted by Crippen LogP contribution is -2.47. The molecule has 2 aliphatic heterocycles. The molecule has 0 spiro atoms. The molecule has 2 fully saturated rings. The van der Waals surface area contributed by atoms with E-state index in [1.807, 2.05) is 11.8 Å². The second-order valence-corrected chi connectivity index (χ2v) is 7.17. The fourth-order valence-electron chi connectivity index (χ4n) is 2.85. The van der Waals surface area contributed by atoms with Gasteiger partial charge in [-0.25, -0.2) is 0 Å². The predicted octanol–water partition coefficient (Wildman–Crippen LogP) is 1.07. The Balaban J connectivity index is 1.63. The van der Waals surface area contributed by atoms with E-state index < -0.39 is 0 Å². The van der Waals surface area contributed by atoms with Crippen LogP contribution in [0.15, 0.2) is 0 Å². The predicted molar refractivity (Wildman–Crippen MR) is 81.6 cm³/mol. The van der Waals surface area contributed by atoms with Gasteiger partial charge in [-0.3, -0.25) is 4.79 Å². The minimum Gasteiger partial charge on any atom is -0.353 e. The van der Waals surface area contributed by atoms with Crippen LogP contribution in [0.25, 0.3) is 0 Å². The van der Waals surface area contributed by atoms with Crippen LogP contribution in [0.5, 0.6) is 0 Å². The van der Waals surface area contributed by atoms with E-state index in [1.54, 1.807) is 0 Å². The van der Waals surface area contributed by atoms with Crippen LogP contribution in [0, 0.1) is 0 Å². The number of likely N-dealkylation sites (tertiary alicyclic amines) is 1. The number of hydrogen-bond donors (Lipinski definition) is 2. The average Bonchev–Trinajstić information content (AvgIpc) is 2.42. The Morgan fingerprint density at radius 3 is 2.79 bits per heavy atom. The molecule has 2 aliphatic rings. The van der Waals surface area contributed by atoms with Crippen LogP contribution in [0.4, 0.5) is 0 Å². The Morgan fingerprint density at radius 1 is 1.37 bits per heavy atom. The zero-order valence-corrected chi connectivity index (χ0v) is 13.0. The van der Waals surface area contributed by atoms with Gasteiger partial charge in [0, 0.05) is 23.9 Å². The second kappa shape index (κ2) is 7.50. The van der Waals surface area contributed by atoms with Gasteiger partial charge in [0.25, 0.3) is 0 Å². The molecule has 2 saturated heterocycles. The standard InChI is InChI=1S/C14H27N3OS/c1-11-9-12(5-8-17(11)2)16-14(18)10-19-13-3-6-15-7-4-13/h11-13,15H,3-10H2,1-2H3,(H,16,18). The van der Waals surface area contributed by atoms with Crippen LogP contribution in [0.2, 0.25) is 0 Å². The molecule has 5 heteroatoms. The van der Waals surface area contributed by atoms with Crippen LogP contribution in [-0.2, 0) is 4.79 Å². The van der Waals surface area contributed by atoms with E-state index in [9.17, 15) is 4.79 Å². The smallest absolute Gasteiger partial charge is 0.230 e. The quantitative estimate of drug-likeness (QED) is 0.811. The normalized spacial score (nSPS) is 30.2. The maximum Gasteiger partial charge on any atom is 0.230 e. The van der Waals surface area contributed by atoms with E-state index in [0.717, 1.165) is 32.5 Å². The summed E-state index contributed by atoms with van der Waals surface area (Å²) in [6, 6.07) is 0.962. The molecular formula is C14H27N3OS. The third-order valence-electron chi connectivity index (χ3n) is 4.31. The maximum absolute atomic E-state index is 12.0. The van der Waals surface area contributed by atoms with Gasteiger partial charge in [0.05, 0.1) is 5.75 Å². The van der Waals surface area contributed by atoms with Crippen LogP contribution < -0.4 is 10.6 Å². The van der Waals surface area contributed by atoms with Crippen LogP contribution in [0.1, 0.15) is 32.6 Å². The number of amides is 1. The molecule has 0 aromatic rings. The second-order valence-electron chi connectivity index (χ2n) is 5.88. The summed E-state index contributed by atoms with van der Waals surface area (Å²) in [5.74, 6) is 0.857. The Labute approximate surface area is 121 Å². The highest BCUT2D eigenvalue weighted by atomic mass is 32.2. The minimum absolute atomic E-state index is 0.227. The van der Waals surface area contributed by atoms with Crippen molar-refractivity contribution in [3.63, 3.8) is 0 Å². The number of nitrogens with zero attached hydrogens (tertiary/aromatic N) is 1. The highest BCUT2D eigenvalue weighted by Gasteiger charge is 2.24. The summed E-state index contributed by atoms with van der Waals surface area (Å²) in [5, 5.41) is 7.24.